The number of hydrogen-bond donors (Lipinski definition) is 1. The van der Waals surface area contributed by atoms with E-state index in [2.05, 4.69) is 47.0 Å². The van der Waals surface area contributed by atoms with Crippen molar-refractivity contribution in [1.82, 2.24) is 9.47 Å². The van der Waals surface area contributed by atoms with E-state index in [4.69, 9.17) is 25.8 Å². The number of carbonyl (C=O) groups is 1. The number of benzene rings is 3. The van der Waals surface area contributed by atoms with Crippen LogP contribution >= 0.6 is 11.6 Å². The number of para-hydroxylation sites is 2. The first-order chi connectivity index (χ1) is 19.4. The number of methoxy groups -OCH3 is 1. The molecule has 0 spiro atoms. The molecule has 1 aromatic heterocycles. The number of amides is 1. The molecule has 0 aliphatic carbocycles. The lowest BCUT2D eigenvalue weighted by Crippen LogP contribution is -2.33. The van der Waals surface area contributed by atoms with Gasteiger partial charge in [0, 0.05) is 34.7 Å². The summed E-state index contributed by atoms with van der Waals surface area (Å²) in [7, 11) is 1.68. The van der Waals surface area contributed by atoms with Crippen molar-refractivity contribution in [2.45, 2.75) is 45.7 Å². The van der Waals surface area contributed by atoms with Crippen LogP contribution < -0.4 is 19.5 Å². The number of rotatable bonds is 4. The second-order valence-corrected chi connectivity index (χ2v) is 10.8. The first kappa shape index (κ1) is 27.9. The molecule has 5 rings (SSSR count). The van der Waals surface area contributed by atoms with Crippen LogP contribution in [0.25, 0.3) is 10.9 Å². The third-order valence-electron chi connectivity index (χ3n) is 7.10. The third-order valence-corrected chi connectivity index (χ3v) is 7.34. The molecule has 210 valence electrons. The number of nitrogens with one attached hydrogen (secondary N) is 1. The Hall–Kier alpha value is -3.68. The minimum absolute atomic E-state index is 0.128. The zero-order valence-corrected chi connectivity index (χ0v) is 24.0. The van der Waals surface area contributed by atoms with Gasteiger partial charge in [-0.15, -0.1) is 0 Å². The molecule has 0 bridgehead atoms. The summed E-state index contributed by atoms with van der Waals surface area (Å²) >= 11 is 6.31. The average molecular weight is 562 g/mol. The van der Waals surface area contributed by atoms with Crippen molar-refractivity contribution in [2.24, 2.45) is 0 Å². The highest BCUT2D eigenvalue weighted by molar-refractivity contribution is 6.31. The summed E-state index contributed by atoms with van der Waals surface area (Å²) in [6.45, 7) is 6.59. The van der Waals surface area contributed by atoms with E-state index in [1.54, 1.807) is 25.3 Å². The molecule has 3 aromatic carbocycles. The van der Waals surface area contributed by atoms with E-state index in [0.29, 0.717) is 47.2 Å². The molecular weight excluding hydrogens is 526 g/mol. The average Bonchev–Trinajstić information content (AvgIpc) is 3.29. The number of anilines is 1. The number of ether oxygens (including phenoxy) is 3. The quantitative estimate of drug-likeness (QED) is 0.277. The fraction of sp³-hybridized carbons (Fsp3) is 0.344. The van der Waals surface area contributed by atoms with Gasteiger partial charge in [0.2, 0.25) is 5.91 Å². The summed E-state index contributed by atoms with van der Waals surface area (Å²) in [5, 5.41) is 4.69. The molecule has 1 N–H and O–H groups in total. The zero-order valence-electron chi connectivity index (χ0n) is 23.3. The zero-order chi connectivity index (χ0) is 28.1. The molecule has 8 heteroatoms. The Kier molecular flexibility index (Phi) is 8.82. The normalized spacial score (nSPS) is 15.3. The summed E-state index contributed by atoms with van der Waals surface area (Å²) in [4.78, 5) is 15.6. The van der Waals surface area contributed by atoms with E-state index in [0.717, 1.165) is 42.5 Å². The van der Waals surface area contributed by atoms with Crippen LogP contribution in [0.4, 0.5) is 5.69 Å². The van der Waals surface area contributed by atoms with Crippen molar-refractivity contribution >= 4 is 34.1 Å². The molecule has 0 saturated carbocycles. The van der Waals surface area contributed by atoms with Crippen LogP contribution in [0.1, 0.15) is 44.7 Å². The number of carbonyl (C=O) groups excluding carboxylic acids is 1. The number of fused-ring (bicyclic) bond motifs is 3. The van der Waals surface area contributed by atoms with Crippen LogP contribution in [-0.2, 0) is 11.3 Å². The van der Waals surface area contributed by atoms with Gasteiger partial charge in [0.05, 0.1) is 25.9 Å². The predicted octanol–water partition coefficient (Wildman–Crippen LogP) is 7.68. The van der Waals surface area contributed by atoms with Crippen molar-refractivity contribution in [3.63, 3.8) is 0 Å². The molecular formula is C32H36ClN3O4. The number of halogens is 1. The van der Waals surface area contributed by atoms with Gasteiger partial charge in [0.1, 0.15) is 5.75 Å². The molecule has 1 aliphatic rings. The Morgan fingerprint density at radius 3 is 2.62 bits per heavy atom. The van der Waals surface area contributed by atoms with E-state index in [1.165, 1.54) is 5.56 Å². The highest BCUT2D eigenvalue weighted by Gasteiger charge is 2.19. The van der Waals surface area contributed by atoms with Gasteiger partial charge in [0.15, 0.2) is 17.2 Å². The van der Waals surface area contributed by atoms with Gasteiger partial charge in [-0.05, 0) is 93.7 Å². The Morgan fingerprint density at radius 1 is 1.00 bits per heavy atom. The van der Waals surface area contributed by atoms with E-state index in [1.807, 2.05) is 30.3 Å². The van der Waals surface area contributed by atoms with E-state index in [-0.39, 0.29) is 12.5 Å². The van der Waals surface area contributed by atoms with Crippen LogP contribution in [0.3, 0.4) is 0 Å². The Bertz CT molecular complexity index is 1480. The maximum atomic E-state index is 13.4. The lowest BCUT2D eigenvalue weighted by Gasteiger charge is -2.22. The van der Waals surface area contributed by atoms with Gasteiger partial charge in [-0.25, -0.2) is 0 Å². The van der Waals surface area contributed by atoms with Gasteiger partial charge in [-0.3, -0.25) is 9.69 Å². The monoisotopic (exact) mass is 561 g/mol. The lowest BCUT2D eigenvalue weighted by atomic mass is 10.1. The second kappa shape index (κ2) is 12.7. The van der Waals surface area contributed by atoms with Crippen LogP contribution in [0.5, 0.6) is 23.0 Å². The van der Waals surface area contributed by atoms with Gasteiger partial charge in [0.25, 0.3) is 0 Å². The van der Waals surface area contributed by atoms with Crippen molar-refractivity contribution < 1.29 is 19.0 Å². The molecule has 0 radical (unpaired) electrons. The molecule has 1 aliphatic heterocycles. The van der Waals surface area contributed by atoms with Crippen LogP contribution in [0.15, 0.2) is 66.9 Å². The summed E-state index contributed by atoms with van der Waals surface area (Å²) in [6.07, 6.45) is 5.04. The summed E-state index contributed by atoms with van der Waals surface area (Å²) in [5.41, 5.74) is 2.84. The van der Waals surface area contributed by atoms with E-state index >= 15 is 0 Å². The highest BCUT2D eigenvalue weighted by atomic mass is 35.5. The van der Waals surface area contributed by atoms with Gasteiger partial charge >= 0.3 is 0 Å². The van der Waals surface area contributed by atoms with Gasteiger partial charge in [-0.2, -0.15) is 0 Å². The smallest absolute Gasteiger partial charge is 0.238 e. The fourth-order valence-corrected chi connectivity index (χ4v) is 5.26. The summed E-state index contributed by atoms with van der Waals surface area (Å²) < 4.78 is 20.1. The third kappa shape index (κ3) is 6.54. The predicted molar refractivity (Wildman–Crippen MR) is 160 cm³/mol. The largest absolute Gasteiger partial charge is 0.497 e. The first-order valence-electron chi connectivity index (χ1n) is 13.8. The standard InChI is InChI=1S/C32H36ClN3O4/c1-22(2)36-20-23(26-18-25(38-3)12-13-28(26)36)19-35-15-7-4-8-16-39-30-9-5-6-10-31(30)40-29-14-11-24(33)17-27(29)34-32(37)21-35/h5-6,9-14,17-18,20,22H,4,7-8,15-16,19,21H2,1-3H3,(H,34,37). The first-order valence-corrected chi connectivity index (χ1v) is 14.2. The van der Waals surface area contributed by atoms with Crippen molar-refractivity contribution in [2.75, 3.05) is 32.1 Å². The molecule has 0 saturated heterocycles. The highest BCUT2D eigenvalue weighted by Crippen LogP contribution is 2.37. The molecule has 0 atom stereocenters. The molecule has 4 aromatic rings. The SMILES string of the molecule is COc1ccc2c(c1)c(CN1CCCCCOc3ccccc3Oc3ccc(Cl)cc3NC(=O)C1)cn2C(C)C. The van der Waals surface area contributed by atoms with Crippen LogP contribution in [0.2, 0.25) is 5.02 Å². The van der Waals surface area contributed by atoms with Crippen molar-refractivity contribution in [3.05, 3.63) is 77.4 Å². The molecule has 2 heterocycles. The van der Waals surface area contributed by atoms with Crippen molar-refractivity contribution in [3.8, 4) is 23.0 Å². The minimum atomic E-state index is -0.128. The Balaban J connectivity index is 1.43. The van der Waals surface area contributed by atoms with Gasteiger partial charge < -0.3 is 24.1 Å². The topological polar surface area (TPSA) is 65.0 Å². The minimum Gasteiger partial charge on any atom is -0.497 e. The maximum absolute atomic E-state index is 13.4. The fourth-order valence-electron chi connectivity index (χ4n) is 5.09. The van der Waals surface area contributed by atoms with Crippen LogP contribution in [-0.4, -0.2) is 42.2 Å². The summed E-state index contributed by atoms with van der Waals surface area (Å²) in [6, 6.07) is 19.3. The molecule has 0 unspecified atom stereocenters. The maximum Gasteiger partial charge on any atom is 0.238 e. The van der Waals surface area contributed by atoms with E-state index < -0.39 is 0 Å². The van der Waals surface area contributed by atoms with Gasteiger partial charge in [-0.1, -0.05) is 23.7 Å². The Labute approximate surface area is 240 Å². The van der Waals surface area contributed by atoms with Crippen molar-refractivity contribution in [1.29, 1.82) is 0 Å². The second-order valence-electron chi connectivity index (χ2n) is 10.4. The number of nitrogens with zero attached hydrogens (tertiary/aromatic N) is 2. The molecule has 7 nitrogen and oxygen atoms in total. The Morgan fingerprint density at radius 2 is 1.82 bits per heavy atom. The van der Waals surface area contributed by atoms with E-state index in [9.17, 15) is 4.79 Å². The lowest BCUT2D eigenvalue weighted by molar-refractivity contribution is -0.117. The molecule has 40 heavy (non-hydrogen) atoms. The molecule has 0 fully saturated rings. The molecule has 1 amide bonds. The van der Waals surface area contributed by atoms with Crippen LogP contribution in [0, 0.1) is 0 Å². The number of aromatic nitrogens is 1. The number of hydrogen-bond acceptors (Lipinski definition) is 5. The summed E-state index contributed by atoms with van der Waals surface area (Å²) in [5.74, 6) is 2.45.